The van der Waals surface area contributed by atoms with Gasteiger partial charge in [-0.05, 0) is 55.8 Å². The van der Waals surface area contributed by atoms with E-state index in [1.807, 2.05) is 24.3 Å². The number of piperidine rings is 1. The molecule has 1 fully saturated rings. The Balaban J connectivity index is 1.67. The van der Waals surface area contributed by atoms with E-state index in [2.05, 4.69) is 17.3 Å². The predicted molar refractivity (Wildman–Crippen MR) is 103 cm³/mol. The van der Waals surface area contributed by atoms with Gasteiger partial charge in [0.15, 0.2) is 0 Å². The van der Waals surface area contributed by atoms with Gasteiger partial charge < -0.3 is 5.32 Å². The highest BCUT2D eigenvalue weighted by Crippen LogP contribution is 2.31. The summed E-state index contributed by atoms with van der Waals surface area (Å²) >= 11 is 6.28. The molecule has 1 heterocycles. The fourth-order valence-electron chi connectivity index (χ4n) is 3.50. The number of benzene rings is 2. The van der Waals surface area contributed by atoms with Crippen LogP contribution in [0.2, 0.25) is 0 Å². The molecule has 0 spiro atoms. The zero-order valence-corrected chi connectivity index (χ0v) is 16.2. The van der Waals surface area contributed by atoms with Crippen molar-refractivity contribution in [3.05, 3.63) is 70.8 Å². The fourth-order valence-corrected chi connectivity index (χ4v) is 3.75. The average Bonchev–Trinajstić information content (AvgIpc) is 2.68. The summed E-state index contributed by atoms with van der Waals surface area (Å²) in [5.74, 6) is -0.651. The Morgan fingerprint density at radius 3 is 2.54 bits per heavy atom. The minimum atomic E-state index is -4.50. The number of hydrogen-bond donors (Lipinski definition) is 1. The van der Waals surface area contributed by atoms with E-state index in [1.54, 1.807) is 0 Å². The van der Waals surface area contributed by atoms with Crippen molar-refractivity contribution in [2.24, 2.45) is 0 Å². The number of hydrogen-bond acceptors (Lipinski definition) is 2. The summed E-state index contributed by atoms with van der Waals surface area (Å²) in [6.45, 7) is 1.07. The Morgan fingerprint density at radius 1 is 1.18 bits per heavy atom. The largest absolute Gasteiger partial charge is 0.416 e. The van der Waals surface area contributed by atoms with Gasteiger partial charge in [0.2, 0.25) is 0 Å². The van der Waals surface area contributed by atoms with Crippen molar-refractivity contribution in [1.29, 1.82) is 0 Å². The monoisotopic (exact) mass is 410 g/mol. The molecule has 2 aromatic rings. The summed E-state index contributed by atoms with van der Waals surface area (Å²) in [4.78, 5) is 14.6. The van der Waals surface area contributed by atoms with Crippen molar-refractivity contribution in [3.63, 3.8) is 0 Å². The van der Waals surface area contributed by atoms with Crippen LogP contribution in [0.3, 0.4) is 0 Å². The summed E-state index contributed by atoms with van der Waals surface area (Å²) in [6, 6.07) is 12.3. The first-order valence-corrected chi connectivity index (χ1v) is 9.61. The maximum atomic E-state index is 12.8. The van der Waals surface area contributed by atoms with Crippen LogP contribution in [0, 0.1) is 0 Å². The lowest BCUT2D eigenvalue weighted by Gasteiger charge is -2.33. The summed E-state index contributed by atoms with van der Waals surface area (Å²) in [5, 5.41) is 2.55. The molecule has 0 aromatic heterocycles. The molecule has 2 atom stereocenters. The number of likely N-dealkylation sites (tertiary alicyclic amines) is 1. The van der Waals surface area contributed by atoms with Gasteiger partial charge in [-0.15, -0.1) is 0 Å². The number of amides is 1. The number of carbonyl (C=O) groups excluding carboxylic acids is 1. The number of carbonyl (C=O) groups is 1. The van der Waals surface area contributed by atoms with Crippen LogP contribution in [0.25, 0.3) is 0 Å². The van der Waals surface area contributed by atoms with Crippen molar-refractivity contribution >= 4 is 17.5 Å². The highest BCUT2D eigenvalue weighted by Gasteiger charge is 2.31. The molecule has 0 radical (unpaired) electrons. The molecular weight excluding hydrogens is 389 g/mol. The number of alkyl halides is 4. The molecule has 1 aliphatic heterocycles. The smallest absolute Gasteiger partial charge is 0.332 e. The van der Waals surface area contributed by atoms with E-state index in [0.29, 0.717) is 11.6 Å². The average molecular weight is 411 g/mol. The molecular formula is C21H22ClF3N2O. The van der Waals surface area contributed by atoms with E-state index in [4.69, 9.17) is 11.6 Å². The Bertz CT molecular complexity index is 823. The second-order valence-corrected chi connectivity index (χ2v) is 7.51. The lowest BCUT2D eigenvalue weighted by molar-refractivity contribution is -0.137. The van der Waals surface area contributed by atoms with E-state index >= 15 is 0 Å². The third-order valence-corrected chi connectivity index (χ3v) is 5.46. The van der Waals surface area contributed by atoms with E-state index in [1.165, 1.54) is 30.5 Å². The van der Waals surface area contributed by atoms with Gasteiger partial charge >= 0.3 is 6.18 Å². The zero-order chi connectivity index (χ0) is 20.3. The van der Waals surface area contributed by atoms with Crippen molar-refractivity contribution in [2.75, 3.05) is 13.6 Å². The minimum Gasteiger partial charge on any atom is -0.332 e. The molecule has 0 aliphatic carbocycles. The van der Waals surface area contributed by atoms with Crippen molar-refractivity contribution < 1.29 is 18.0 Å². The molecule has 2 aromatic carbocycles. The SMILES string of the molecule is CN1CCCC[C@H]1c1ccc([C@H](Cl)NC(=O)c2cccc(C(F)(F)F)c2)cc1. The van der Waals surface area contributed by atoms with Gasteiger partial charge in [0.25, 0.3) is 5.91 Å². The van der Waals surface area contributed by atoms with Crippen LogP contribution in [-0.2, 0) is 6.18 Å². The van der Waals surface area contributed by atoms with Gasteiger partial charge in [-0.1, -0.05) is 48.4 Å². The van der Waals surface area contributed by atoms with Crippen LogP contribution in [0.1, 0.15) is 57.9 Å². The molecule has 1 N–H and O–H groups in total. The molecule has 150 valence electrons. The summed E-state index contributed by atoms with van der Waals surface area (Å²) < 4.78 is 38.4. The fraction of sp³-hybridized carbons (Fsp3) is 0.381. The maximum Gasteiger partial charge on any atom is 0.416 e. The highest BCUT2D eigenvalue weighted by atomic mass is 35.5. The normalized spacial score (nSPS) is 19.2. The highest BCUT2D eigenvalue weighted by molar-refractivity contribution is 6.22. The van der Waals surface area contributed by atoms with Crippen LogP contribution in [0.5, 0.6) is 0 Å². The molecule has 28 heavy (non-hydrogen) atoms. The van der Waals surface area contributed by atoms with Crippen molar-refractivity contribution in [1.82, 2.24) is 10.2 Å². The molecule has 1 saturated heterocycles. The Morgan fingerprint density at radius 2 is 1.89 bits per heavy atom. The predicted octanol–water partition coefficient (Wildman–Crippen LogP) is 5.53. The van der Waals surface area contributed by atoms with E-state index in [9.17, 15) is 18.0 Å². The molecule has 3 nitrogen and oxygen atoms in total. The molecule has 1 aliphatic rings. The second-order valence-electron chi connectivity index (χ2n) is 7.07. The number of halogens is 4. The van der Waals surface area contributed by atoms with Gasteiger partial charge in [0, 0.05) is 11.6 Å². The van der Waals surface area contributed by atoms with Gasteiger partial charge in [-0.2, -0.15) is 13.2 Å². The van der Waals surface area contributed by atoms with E-state index in [-0.39, 0.29) is 5.56 Å². The Kier molecular flexibility index (Phi) is 6.30. The standard InChI is InChI=1S/C21H22ClF3N2O/c1-27-12-3-2-7-18(27)14-8-10-15(11-9-14)19(22)26-20(28)16-5-4-6-17(13-16)21(23,24)25/h4-6,8-11,13,18-19H,2-3,7,12H2,1H3,(H,26,28)/t18-,19+/m0/s1. The number of nitrogens with zero attached hydrogens (tertiary/aromatic N) is 1. The second kappa shape index (κ2) is 8.53. The number of nitrogens with one attached hydrogen (secondary N) is 1. The van der Waals surface area contributed by atoms with Crippen LogP contribution in [0.4, 0.5) is 13.2 Å². The van der Waals surface area contributed by atoms with Gasteiger partial charge in [-0.3, -0.25) is 9.69 Å². The van der Waals surface area contributed by atoms with Gasteiger partial charge in [0.05, 0.1) is 5.56 Å². The first-order valence-electron chi connectivity index (χ1n) is 9.18. The summed E-state index contributed by atoms with van der Waals surface area (Å²) in [6.07, 6.45) is -0.996. The topological polar surface area (TPSA) is 32.3 Å². The Hall–Kier alpha value is -2.05. The quantitative estimate of drug-likeness (QED) is 0.531. The van der Waals surface area contributed by atoms with Crippen molar-refractivity contribution in [2.45, 2.75) is 37.0 Å². The van der Waals surface area contributed by atoms with Crippen LogP contribution >= 0.6 is 11.6 Å². The van der Waals surface area contributed by atoms with E-state index < -0.39 is 23.1 Å². The lowest BCUT2D eigenvalue weighted by Crippen LogP contribution is -2.29. The third kappa shape index (κ3) is 4.86. The van der Waals surface area contributed by atoms with Crippen LogP contribution in [0.15, 0.2) is 48.5 Å². The molecule has 0 bridgehead atoms. The summed E-state index contributed by atoms with van der Waals surface area (Å²) in [7, 11) is 2.11. The molecule has 0 unspecified atom stereocenters. The first kappa shape index (κ1) is 20.7. The van der Waals surface area contributed by atoms with Crippen LogP contribution < -0.4 is 5.32 Å². The Labute approximate surface area is 167 Å². The number of rotatable bonds is 4. The van der Waals surface area contributed by atoms with E-state index in [0.717, 1.165) is 25.1 Å². The molecule has 3 rings (SSSR count). The third-order valence-electron chi connectivity index (χ3n) is 5.09. The first-order chi connectivity index (χ1) is 13.3. The van der Waals surface area contributed by atoms with Gasteiger partial charge in [0.1, 0.15) is 5.50 Å². The van der Waals surface area contributed by atoms with Gasteiger partial charge in [-0.25, -0.2) is 0 Å². The minimum absolute atomic E-state index is 0.0825. The lowest BCUT2D eigenvalue weighted by atomic mass is 9.95. The van der Waals surface area contributed by atoms with Crippen LogP contribution in [-0.4, -0.2) is 24.4 Å². The molecule has 1 amide bonds. The molecule has 0 saturated carbocycles. The summed E-state index contributed by atoms with van der Waals surface area (Å²) in [5.41, 5.74) is 0.0940. The van der Waals surface area contributed by atoms with Crippen molar-refractivity contribution in [3.8, 4) is 0 Å². The maximum absolute atomic E-state index is 12.8. The zero-order valence-electron chi connectivity index (χ0n) is 15.5. The molecule has 7 heteroatoms.